The number of hydrogen-bond acceptors (Lipinski definition) is 4. The second-order valence-electron chi connectivity index (χ2n) is 5.32. The summed E-state index contributed by atoms with van der Waals surface area (Å²) < 4.78 is 10.7. The Balaban J connectivity index is 2.01. The molecule has 0 unspecified atom stereocenters. The molecule has 0 spiro atoms. The predicted octanol–water partition coefficient (Wildman–Crippen LogP) is 4.30. The van der Waals surface area contributed by atoms with E-state index in [0.29, 0.717) is 35.9 Å². The molecule has 0 fully saturated rings. The summed E-state index contributed by atoms with van der Waals surface area (Å²) in [6, 6.07) is 5.31. The van der Waals surface area contributed by atoms with Crippen LogP contribution in [-0.4, -0.2) is 17.7 Å². The van der Waals surface area contributed by atoms with Crippen LogP contribution in [0, 0.1) is 13.8 Å². The number of rotatable bonds is 7. The molecule has 1 amide bonds. The standard InChI is InChI=1S/C17H21ClN2O3/c1-4-10-22-17-14(18)6-5-7-15(17)19-16(21)9-8-13-11(2)20-23-12(13)3/h5-7H,4,8-10H2,1-3H3,(H,19,21). The average Bonchev–Trinajstić information content (AvgIpc) is 2.83. The lowest BCUT2D eigenvalue weighted by molar-refractivity contribution is -0.116. The smallest absolute Gasteiger partial charge is 0.224 e. The number of ether oxygens (including phenoxy) is 1. The highest BCUT2D eigenvalue weighted by atomic mass is 35.5. The second kappa shape index (κ2) is 8.02. The average molecular weight is 337 g/mol. The Bertz CT molecular complexity index is 663. The number of benzene rings is 1. The van der Waals surface area contributed by atoms with E-state index in [1.165, 1.54) is 0 Å². The lowest BCUT2D eigenvalue weighted by Crippen LogP contribution is -2.14. The number of aryl methyl sites for hydroxylation is 2. The molecule has 1 aromatic heterocycles. The lowest BCUT2D eigenvalue weighted by atomic mass is 10.1. The van der Waals surface area contributed by atoms with Gasteiger partial charge in [0.05, 0.1) is 23.0 Å². The molecule has 0 saturated heterocycles. The summed E-state index contributed by atoms with van der Waals surface area (Å²) >= 11 is 6.15. The van der Waals surface area contributed by atoms with Gasteiger partial charge in [-0.05, 0) is 38.8 Å². The van der Waals surface area contributed by atoms with Crippen LogP contribution in [0.4, 0.5) is 5.69 Å². The number of hydrogen-bond donors (Lipinski definition) is 1. The zero-order valence-electron chi connectivity index (χ0n) is 13.6. The quantitative estimate of drug-likeness (QED) is 0.818. The first-order chi connectivity index (χ1) is 11.0. The maximum Gasteiger partial charge on any atom is 0.224 e. The van der Waals surface area contributed by atoms with Crippen molar-refractivity contribution in [2.24, 2.45) is 0 Å². The molecule has 1 heterocycles. The number of carbonyl (C=O) groups excluding carboxylic acids is 1. The van der Waals surface area contributed by atoms with E-state index in [0.717, 1.165) is 23.4 Å². The molecule has 5 nitrogen and oxygen atoms in total. The first-order valence-corrected chi connectivity index (χ1v) is 8.03. The van der Waals surface area contributed by atoms with Gasteiger partial charge in [0.2, 0.25) is 5.91 Å². The number of anilines is 1. The van der Waals surface area contributed by atoms with Crippen molar-refractivity contribution < 1.29 is 14.1 Å². The number of nitrogens with zero attached hydrogens (tertiary/aromatic N) is 1. The van der Waals surface area contributed by atoms with Crippen molar-refractivity contribution >= 4 is 23.2 Å². The molecule has 0 radical (unpaired) electrons. The summed E-state index contributed by atoms with van der Waals surface area (Å²) in [4.78, 5) is 12.2. The third kappa shape index (κ3) is 4.48. The Morgan fingerprint density at radius 2 is 2.17 bits per heavy atom. The highest BCUT2D eigenvalue weighted by Crippen LogP contribution is 2.33. The fraction of sp³-hybridized carbons (Fsp3) is 0.412. The van der Waals surface area contributed by atoms with Crippen LogP contribution in [0.2, 0.25) is 5.02 Å². The van der Waals surface area contributed by atoms with E-state index in [4.69, 9.17) is 20.9 Å². The zero-order chi connectivity index (χ0) is 16.8. The fourth-order valence-electron chi connectivity index (χ4n) is 2.27. The lowest BCUT2D eigenvalue weighted by Gasteiger charge is -2.13. The third-order valence-electron chi connectivity index (χ3n) is 3.47. The van der Waals surface area contributed by atoms with Crippen LogP contribution in [0.25, 0.3) is 0 Å². The van der Waals surface area contributed by atoms with Crippen LogP contribution in [0.5, 0.6) is 5.75 Å². The van der Waals surface area contributed by atoms with Crippen molar-refractivity contribution in [3.63, 3.8) is 0 Å². The van der Waals surface area contributed by atoms with E-state index in [2.05, 4.69) is 10.5 Å². The number of carbonyl (C=O) groups is 1. The van der Waals surface area contributed by atoms with Gasteiger partial charge in [0, 0.05) is 12.0 Å². The monoisotopic (exact) mass is 336 g/mol. The maximum absolute atomic E-state index is 12.2. The molecule has 0 atom stereocenters. The first-order valence-electron chi connectivity index (χ1n) is 7.65. The summed E-state index contributed by atoms with van der Waals surface area (Å²) in [6.07, 6.45) is 1.78. The highest BCUT2D eigenvalue weighted by Gasteiger charge is 2.14. The van der Waals surface area contributed by atoms with Crippen LogP contribution >= 0.6 is 11.6 Å². The molecule has 0 bridgehead atoms. The van der Waals surface area contributed by atoms with Gasteiger partial charge in [-0.15, -0.1) is 0 Å². The fourth-order valence-corrected chi connectivity index (χ4v) is 2.50. The van der Waals surface area contributed by atoms with Crippen LogP contribution in [-0.2, 0) is 11.2 Å². The van der Waals surface area contributed by atoms with Crippen molar-refractivity contribution in [3.8, 4) is 5.75 Å². The van der Waals surface area contributed by atoms with Crippen molar-refractivity contribution in [1.82, 2.24) is 5.16 Å². The molecular formula is C17H21ClN2O3. The summed E-state index contributed by atoms with van der Waals surface area (Å²) in [5.41, 5.74) is 2.40. The van der Waals surface area contributed by atoms with Gasteiger partial charge >= 0.3 is 0 Å². The van der Waals surface area contributed by atoms with Crippen molar-refractivity contribution in [2.45, 2.75) is 40.0 Å². The van der Waals surface area contributed by atoms with Gasteiger partial charge in [-0.1, -0.05) is 29.7 Å². The Kier molecular flexibility index (Phi) is 6.04. The molecule has 124 valence electrons. The van der Waals surface area contributed by atoms with Gasteiger partial charge < -0.3 is 14.6 Å². The van der Waals surface area contributed by atoms with Crippen molar-refractivity contribution in [3.05, 3.63) is 40.2 Å². The number of para-hydroxylation sites is 1. The van der Waals surface area contributed by atoms with Gasteiger partial charge in [0.1, 0.15) is 5.76 Å². The minimum atomic E-state index is -0.103. The van der Waals surface area contributed by atoms with E-state index in [1.807, 2.05) is 20.8 Å². The normalized spacial score (nSPS) is 10.6. The summed E-state index contributed by atoms with van der Waals surface area (Å²) in [6.45, 7) is 6.28. The number of amides is 1. The van der Waals surface area contributed by atoms with Gasteiger partial charge in [-0.2, -0.15) is 0 Å². The van der Waals surface area contributed by atoms with Gasteiger partial charge in [0.15, 0.2) is 5.75 Å². The number of halogens is 1. The first kappa shape index (κ1) is 17.3. The SMILES string of the molecule is CCCOc1c(Cl)cccc1NC(=O)CCc1c(C)noc1C. The molecule has 23 heavy (non-hydrogen) atoms. The molecule has 2 rings (SSSR count). The molecule has 1 N–H and O–H groups in total. The largest absolute Gasteiger partial charge is 0.490 e. The maximum atomic E-state index is 12.2. The molecule has 6 heteroatoms. The Labute approximate surface area is 141 Å². The van der Waals surface area contributed by atoms with Crippen LogP contribution in [0.1, 0.15) is 36.8 Å². The van der Waals surface area contributed by atoms with Gasteiger partial charge in [0.25, 0.3) is 0 Å². The second-order valence-corrected chi connectivity index (χ2v) is 5.72. The zero-order valence-corrected chi connectivity index (χ0v) is 14.4. The molecule has 2 aromatic rings. The summed E-state index contributed by atoms with van der Waals surface area (Å²) in [5, 5.41) is 7.24. The molecule has 0 aliphatic rings. The van der Waals surface area contributed by atoms with Crippen molar-refractivity contribution in [1.29, 1.82) is 0 Å². The van der Waals surface area contributed by atoms with Crippen LogP contribution < -0.4 is 10.1 Å². The Hall–Kier alpha value is -2.01. The van der Waals surface area contributed by atoms with E-state index < -0.39 is 0 Å². The van der Waals surface area contributed by atoms with Crippen LogP contribution in [0.3, 0.4) is 0 Å². The van der Waals surface area contributed by atoms with Crippen LogP contribution in [0.15, 0.2) is 22.7 Å². The summed E-state index contributed by atoms with van der Waals surface area (Å²) in [7, 11) is 0. The van der Waals surface area contributed by atoms with Gasteiger partial charge in [-0.25, -0.2) is 0 Å². The van der Waals surface area contributed by atoms with Crippen molar-refractivity contribution in [2.75, 3.05) is 11.9 Å². The minimum absolute atomic E-state index is 0.103. The molecular weight excluding hydrogens is 316 g/mol. The van der Waals surface area contributed by atoms with E-state index in [-0.39, 0.29) is 5.91 Å². The number of aromatic nitrogens is 1. The van der Waals surface area contributed by atoms with E-state index >= 15 is 0 Å². The molecule has 0 aliphatic heterocycles. The Morgan fingerprint density at radius 3 is 2.83 bits per heavy atom. The topological polar surface area (TPSA) is 64.4 Å². The van der Waals surface area contributed by atoms with E-state index in [9.17, 15) is 4.79 Å². The summed E-state index contributed by atoms with van der Waals surface area (Å²) in [5.74, 6) is 1.17. The highest BCUT2D eigenvalue weighted by molar-refractivity contribution is 6.32. The predicted molar refractivity (Wildman–Crippen MR) is 90.2 cm³/mol. The minimum Gasteiger partial charge on any atom is -0.490 e. The number of nitrogens with one attached hydrogen (secondary N) is 1. The van der Waals surface area contributed by atoms with Gasteiger partial charge in [-0.3, -0.25) is 4.79 Å². The third-order valence-corrected chi connectivity index (χ3v) is 3.77. The van der Waals surface area contributed by atoms with E-state index in [1.54, 1.807) is 18.2 Å². The molecule has 0 aliphatic carbocycles. The Morgan fingerprint density at radius 1 is 1.39 bits per heavy atom. The molecule has 0 saturated carbocycles. The molecule has 1 aromatic carbocycles.